The van der Waals surface area contributed by atoms with Gasteiger partial charge in [0, 0.05) is 17.0 Å². The van der Waals surface area contributed by atoms with E-state index in [0.29, 0.717) is 15.5 Å². The first-order chi connectivity index (χ1) is 13.6. The summed E-state index contributed by atoms with van der Waals surface area (Å²) in [5.41, 5.74) is 0.779. The summed E-state index contributed by atoms with van der Waals surface area (Å²) in [7, 11) is 1.55. The lowest BCUT2D eigenvalue weighted by atomic mass is 10.2. The standard InChI is InChI=1S/C20H18N2O4S2/c1-26-15-6-3-2-5-13(15)11-21-19(24)20(25)22-12-14-8-9-17(28-14)18(23)16-7-4-10-27-16/h2-10H,11-12H2,1H3,(H,21,24)(H,22,25). The quantitative estimate of drug-likeness (QED) is 0.460. The van der Waals surface area contributed by atoms with Crippen molar-refractivity contribution >= 4 is 40.3 Å². The number of carbonyl (C=O) groups excluding carboxylic acids is 3. The Morgan fingerprint density at radius 3 is 2.36 bits per heavy atom. The van der Waals surface area contributed by atoms with Gasteiger partial charge in [-0.3, -0.25) is 14.4 Å². The molecule has 0 bridgehead atoms. The van der Waals surface area contributed by atoms with Gasteiger partial charge in [-0.15, -0.1) is 22.7 Å². The Bertz CT molecular complexity index is 980. The van der Waals surface area contributed by atoms with Crippen molar-refractivity contribution in [3.63, 3.8) is 0 Å². The molecule has 0 saturated carbocycles. The van der Waals surface area contributed by atoms with E-state index in [0.717, 1.165) is 10.4 Å². The number of benzene rings is 1. The molecule has 144 valence electrons. The molecule has 0 aliphatic heterocycles. The minimum Gasteiger partial charge on any atom is -0.496 e. The van der Waals surface area contributed by atoms with Crippen molar-refractivity contribution in [1.82, 2.24) is 10.6 Å². The number of methoxy groups -OCH3 is 1. The van der Waals surface area contributed by atoms with Crippen molar-refractivity contribution < 1.29 is 19.1 Å². The molecule has 2 aromatic heterocycles. The maximum atomic E-state index is 12.3. The van der Waals surface area contributed by atoms with E-state index in [-0.39, 0.29) is 18.9 Å². The van der Waals surface area contributed by atoms with Gasteiger partial charge in [0.05, 0.1) is 23.4 Å². The van der Waals surface area contributed by atoms with Crippen LogP contribution in [0, 0.1) is 0 Å². The molecule has 0 fully saturated rings. The Labute approximate surface area is 170 Å². The monoisotopic (exact) mass is 414 g/mol. The minimum atomic E-state index is -0.727. The van der Waals surface area contributed by atoms with Gasteiger partial charge in [-0.25, -0.2) is 0 Å². The van der Waals surface area contributed by atoms with Gasteiger partial charge in [0.15, 0.2) is 0 Å². The van der Waals surface area contributed by atoms with E-state index < -0.39 is 11.8 Å². The molecule has 0 aliphatic carbocycles. The number of ketones is 1. The Morgan fingerprint density at radius 2 is 1.64 bits per heavy atom. The number of hydrogen-bond donors (Lipinski definition) is 2. The average Bonchev–Trinajstić information content (AvgIpc) is 3.42. The van der Waals surface area contributed by atoms with Crippen LogP contribution >= 0.6 is 22.7 Å². The summed E-state index contributed by atoms with van der Waals surface area (Å²) in [6.45, 7) is 0.373. The third-order valence-electron chi connectivity index (χ3n) is 3.89. The maximum absolute atomic E-state index is 12.3. The number of nitrogens with one attached hydrogen (secondary N) is 2. The first-order valence-electron chi connectivity index (χ1n) is 8.43. The lowest BCUT2D eigenvalue weighted by Crippen LogP contribution is -2.39. The predicted octanol–water partition coefficient (Wildman–Crippen LogP) is 2.98. The maximum Gasteiger partial charge on any atom is 0.309 e. The molecule has 6 nitrogen and oxygen atoms in total. The van der Waals surface area contributed by atoms with Crippen molar-refractivity contribution in [1.29, 1.82) is 0 Å². The zero-order valence-corrected chi connectivity index (χ0v) is 16.7. The number of thiophene rings is 2. The van der Waals surface area contributed by atoms with E-state index in [2.05, 4.69) is 10.6 Å². The summed E-state index contributed by atoms with van der Waals surface area (Å²) in [6.07, 6.45) is 0. The highest BCUT2D eigenvalue weighted by molar-refractivity contribution is 7.16. The SMILES string of the molecule is COc1ccccc1CNC(=O)C(=O)NCc1ccc(C(=O)c2cccs2)s1. The van der Waals surface area contributed by atoms with E-state index in [4.69, 9.17) is 4.74 Å². The summed E-state index contributed by atoms with van der Waals surface area (Å²) >= 11 is 2.69. The summed E-state index contributed by atoms with van der Waals surface area (Å²) in [6, 6.07) is 14.4. The zero-order chi connectivity index (χ0) is 19.9. The van der Waals surface area contributed by atoms with Gasteiger partial charge in [-0.2, -0.15) is 0 Å². The number of ether oxygens (including phenoxy) is 1. The number of para-hydroxylation sites is 1. The molecule has 0 atom stereocenters. The van der Waals surface area contributed by atoms with Crippen LogP contribution in [0.2, 0.25) is 0 Å². The third-order valence-corrected chi connectivity index (χ3v) is 5.84. The molecule has 2 amide bonds. The Balaban J connectivity index is 1.50. The summed E-state index contributed by atoms with van der Waals surface area (Å²) in [5.74, 6) is -0.844. The molecule has 3 aromatic rings. The van der Waals surface area contributed by atoms with Gasteiger partial charge < -0.3 is 15.4 Å². The van der Waals surface area contributed by atoms with E-state index in [9.17, 15) is 14.4 Å². The van der Waals surface area contributed by atoms with E-state index in [1.807, 2.05) is 29.6 Å². The van der Waals surface area contributed by atoms with Crippen molar-refractivity contribution in [2.75, 3.05) is 7.11 Å². The second kappa shape index (κ2) is 9.29. The normalized spacial score (nSPS) is 10.3. The predicted molar refractivity (Wildman–Crippen MR) is 109 cm³/mol. The van der Waals surface area contributed by atoms with Crippen LogP contribution in [0.25, 0.3) is 0 Å². The minimum absolute atomic E-state index is 0.0351. The van der Waals surface area contributed by atoms with Gasteiger partial charge in [-0.05, 0) is 29.6 Å². The molecule has 28 heavy (non-hydrogen) atoms. The molecule has 0 radical (unpaired) electrons. The van der Waals surface area contributed by atoms with Crippen LogP contribution in [-0.2, 0) is 22.7 Å². The van der Waals surface area contributed by atoms with Crippen molar-refractivity contribution in [2.24, 2.45) is 0 Å². The Hall–Kier alpha value is -2.97. The average molecular weight is 415 g/mol. The topological polar surface area (TPSA) is 84.5 Å². The van der Waals surface area contributed by atoms with E-state index in [1.54, 1.807) is 31.4 Å². The zero-order valence-electron chi connectivity index (χ0n) is 15.1. The van der Waals surface area contributed by atoms with Crippen LogP contribution in [0.4, 0.5) is 0 Å². The number of amides is 2. The molecule has 3 rings (SSSR count). The summed E-state index contributed by atoms with van der Waals surface area (Å²) in [4.78, 5) is 38.4. The Morgan fingerprint density at radius 1 is 0.893 bits per heavy atom. The lowest BCUT2D eigenvalue weighted by molar-refractivity contribution is -0.139. The smallest absolute Gasteiger partial charge is 0.309 e. The van der Waals surface area contributed by atoms with Gasteiger partial charge in [0.1, 0.15) is 5.75 Å². The molecule has 0 unspecified atom stereocenters. The molecule has 2 heterocycles. The fourth-order valence-electron chi connectivity index (χ4n) is 2.48. The molecule has 2 N–H and O–H groups in total. The molecular weight excluding hydrogens is 396 g/mol. The number of rotatable bonds is 7. The molecule has 0 saturated heterocycles. The molecule has 8 heteroatoms. The van der Waals surface area contributed by atoms with E-state index in [1.165, 1.54) is 22.7 Å². The molecule has 1 aromatic carbocycles. The van der Waals surface area contributed by atoms with Gasteiger partial charge in [-0.1, -0.05) is 24.3 Å². The highest BCUT2D eigenvalue weighted by Gasteiger charge is 2.16. The first kappa shape index (κ1) is 19.8. The third kappa shape index (κ3) is 4.85. The number of carbonyl (C=O) groups is 3. The van der Waals surface area contributed by atoms with E-state index >= 15 is 0 Å². The number of hydrogen-bond acceptors (Lipinski definition) is 6. The largest absolute Gasteiger partial charge is 0.496 e. The van der Waals surface area contributed by atoms with Gasteiger partial charge >= 0.3 is 11.8 Å². The fourth-order valence-corrected chi connectivity index (χ4v) is 4.12. The van der Waals surface area contributed by atoms with Crippen molar-refractivity contribution in [3.8, 4) is 5.75 Å². The fraction of sp³-hybridized carbons (Fsp3) is 0.150. The van der Waals surface area contributed by atoms with Crippen LogP contribution in [0.3, 0.4) is 0 Å². The summed E-state index contributed by atoms with van der Waals surface area (Å²) < 4.78 is 5.21. The summed E-state index contributed by atoms with van der Waals surface area (Å²) in [5, 5.41) is 6.99. The van der Waals surface area contributed by atoms with Crippen LogP contribution in [0.1, 0.15) is 25.0 Å². The highest BCUT2D eigenvalue weighted by Crippen LogP contribution is 2.22. The van der Waals surface area contributed by atoms with Gasteiger partial charge in [0.25, 0.3) is 0 Å². The van der Waals surface area contributed by atoms with Crippen LogP contribution < -0.4 is 15.4 Å². The van der Waals surface area contributed by atoms with Crippen molar-refractivity contribution in [3.05, 3.63) is 74.1 Å². The van der Waals surface area contributed by atoms with Gasteiger partial charge in [0.2, 0.25) is 5.78 Å². The van der Waals surface area contributed by atoms with Crippen LogP contribution in [0.5, 0.6) is 5.75 Å². The first-order valence-corrected chi connectivity index (χ1v) is 10.1. The molecule has 0 aliphatic rings. The molecule has 0 spiro atoms. The van der Waals surface area contributed by atoms with Crippen molar-refractivity contribution in [2.45, 2.75) is 13.1 Å². The lowest BCUT2D eigenvalue weighted by Gasteiger charge is -2.09. The van der Waals surface area contributed by atoms with Crippen LogP contribution in [0.15, 0.2) is 53.9 Å². The Kier molecular flexibility index (Phi) is 6.57. The second-order valence-corrected chi connectivity index (χ2v) is 7.87. The van der Waals surface area contributed by atoms with Crippen LogP contribution in [-0.4, -0.2) is 24.7 Å². The second-order valence-electron chi connectivity index (χ2n) is 5.75. The highest BCUT2D eigenvalue weighted by atomic mass is 32.1. The molecular formula is C20H18N2O4S2.